The van der Waals surface area contributed by atoms with Crippen molar-refractivity contribution in [1.29, 1.82) is 0 Å². The largest absolute Gasteiger partial charge is 0.497 e. The van der Waals surface area contributed by atoms with Crippen LogP contribution in [0.4, 0.5) is 0 Å². The molecule has 1 unspecified atom stereocenters. The highest BCUT2D eigenvalue weighted by Gasteiger charge is 2.28. The number of amides is 1. The number of hydrogen-bond acceptors (Lipinski definition) is 6. The molecule has 1 fully saturated rings. The summed E-state index contributed by atoms with van der Waals surface area (Å²) in [4.78, 5) is 15.2. The van der Waals surface area contributed by atoms with Crippen molar-refractivity contribution in [3.63, 3.8) is 0 Å². The molecule has 1 aromatic rings. The monoisotopic (exact) mass is 392 g/mol. The van der Waals surface area contributed by atoms with Gasteiger partial charge in [0.1, 0.15) is 5.75 Å². The summed E-state index contributed by atoms with van der Waals surface area (Å²) in [7, 11) is 1.56. The van der Waals surface area contributed by atoms with Crippen LogP contribution in [0, 0.1) is 5.92 Å². The van der Waals surface area contributed by atoms with Crippen LogP contribution >= 0.6 is 0 Å². The van der Waals surface area contributed by atoms with Crippen LogP contribution in [0.25, 0.3) is 0 Å². The third kappa shape index (κ3) is 5.08. The van der Waals surface area contributed by atoms with Gasteiger partial charge in [0.15, 0.2) is 11.5 Å². The number of hydrogen-bond donors (Lipinski definition) is 2. The minimum absolute atomic E-state index is 0.0585. The lowest BCUT2D eigenvalue weighted by atomic mass is 9.93. The van der Waals surface area contributed by atoms with Gasteiger partial charge in [-0.25, -0.2) is 0 Å². The third-order valence-corrected chi connectivity index (χ3v) is 5.46. The molecule has 2 aliphatic rings. The van der Waals surface area contributed by atoms with E-state index in [1.165, 1.54) is 0 Å². The molecule has 0 aromatic heterocycles. The highest BCUT2D eigenvalue weighted by atomic mass is 16.5. The number of fused-ring (bicyclic) bond motifs is 1. The smallest absolute Gasteiger partial charge is 0.255 e. The molecule has 0 bridgehead atoms. The number of β-amino-alcohol motifs (C(OH)–C–C–N with tert-alkyl or cyclic N) is 1. The molecule has 0 aliphatic carbocycles. The van der Waals surface area contributed by atoms with Crippen molar-refractivity contribution < 1.29 is 24.1 Å². The van der Waals surface area contributed by atoms with Gasteiger partial charge >= 0.3 is 0 Å². The number of carbonyl (C=O) groups is 1. The van der Waals surface area contributed by atoms with Crippen LogP contribution in [-0.4, -0.2) is 68.5 Å². The average Bonchev–Trinajstić information content (AvgIpc) is 2.95. The highest BCUT2D eigenvalue weighted by Crippen LogP contribution is 2.37. The topological polar surface area (TPSA) is 80.3 Å². The van der Waals surface area contributed by atoms with Gasteiger partial charge < -0.3 is 29.5 Å². The van der Waals surface area contributed by atoms with Crippen LogP contribution in [0.5, 0.6) is 17.2 Å². The van der Waals surface area contributed by atoms with Crippen LogP contribution in [0.15, 0.2) is 12.1 Å². The summed E-state index contributed by atoms with van der Waals surface area (Å²) in [5.74, 6) is 1.38. The van der Waals surface area contributed by atoms with Gasteiger partial charge in [-0.3, -0.25) is 4.79 Å². The summed E-state index contributed by atoms with van der Waals surface area (Å²) in [6.45, 7) is 6.33. The van der Waals surface area contributed by atoms with Gasteiger partial charge in [-0.15, -0.1) is 0 Å². The van der Waals surface area contributed by atoms with Crippen LogP contribution in [0.3, 0.4) is 0 Å². The number of unbranched alkanes of at least 4 members (excludes halogenated alkanes) is 1. The fourth-order valence-electron chi connectivity index (χ4n) is 3.72. The molecule has 7 nitrogen and oxygen atoms in total. The molecule has 1 saturated heterocycles. The molecule has 0 radical (unpaired) electrons. The third-order valence-electron chi connectivity index (χ3n) is 5.46. The molecular formula is C21H32N2O5. The van der Waals surface area contributed by atoms with E-state index >= 15 is 0 Å². The van der Waals surface area contributed by atoms with E-state index in [0.29, 0.717) is 49.1 Å². The molecule has 1 aromatic carbocycles. The average molecular weight is 392 g/mol. The van der Waals surface area contributed by atoms with Gasteiger partial charge in [0.25, 0.3) is 5.91 Å². The number of benzene rings is 1. The summed E-state index contributed by atoms with van der Waals surface area (Å²) in [6, 6.07) is 3.42. The number of nitrogens with zero attached hydrogens (tertiary/aromatic N) is 1. The Labute approximate surface area is 166 Å². The van der Waals surface area contributed by atoms with E-state index in [4.69, 9.17) is 14.2 Å². The SMILES string of the molecule is CCCCN1CC[C@@H](CNC(=O)c2cc(OC)cc3c2OCCCO3)C(O)C1. The first-order valence-electron chi connectivity index (χ1n) is 10.3. The van der Waals surface area contributed by atoms with E-state index in [0.717, 1.165) is 38.8 Å². The maximum Gasteiger partial charge on any atom is 0.255 e. The minimum atomic E-state index is -0.423. The first-order chi connectivity index (χ1) is 13.6. The number of aliphatic hydroxyl groups is 1. The molecule has 2 atom stereocenters. The molecular weight excluding hydrogens is 360 g/mol. The second-order valence-electron chi connectivity index (χ2n) is 7.53. The van der Waals surface area contributed by atoms with E-state index in [9.17, 15) is 9.90 Å². The van der Waals surface area contributed by atoms with E-state index in [-0.39, 0.29) is 11.8 Å². The number of carbonyl (C=O) groups excluding carboxylic acids is 1. The molecule has 2 aliphatic heterocycles. The summed E-state index contributed by atoms with van der Waals surface area (Å²) < 4.78 is 16.8. The molecule has 2 heterocycles. The number of piperidine rings is 1. The Hall–Kier alpha value is -1.99. The zero-order valence-electron chi connectivity index (χ0n) is 16.9. The lowest BCUT2D eigenvalue weighted by molar-refractivity contribution is 0.0217. The fraction of sp³-hybridized carbons (Fsp3) is 0.667. The van der Waals surface area contributed by atoms with Crippen molar-refractivity contribution >= 4 is 5.91 Å². The predicted molar refractivity (Wildman–Crippen MR) is 106 cm³/mol. The molecule has 7 heteroatoms. The van der Waals surface area contributed by atoms with E-state index < -0.39 is 6.10 Å². The van der Waals surface area contributed by atoms with Gasteiger partial charge in [0.2, 0.25) is 0 Å². The van der Waals surface area contributed by atoms with Crippen molar-refractivity contribution in [1.82, 2.24) is 10.2 Å². The Morgan fingerprint density at radius 3 is 2.93 bits per heavy atom. The van der Waals surface area contributed by atoms with Crippen LogP contribution in [0.1, 0.15) is 43.0 Å². The number of likely N-dealkylation sites (tertiary alicyclic amines) is 1. The Bertz CT molecular complexity index is 666. The number of aliphatic hydroxyl groups excluding tert-OH is 1. The molecule has 0 saturated carbocycles. The van der Waals surface area contributed by atoms with Gasteiger partial charge in [-0.1, -0.05) is 13.3 Å². The van der Waals surface area contributed by atoms with Gasteiger partial charge in [0, 0.05) is 31.5 Å². The summed E-state index contributed by atoms with van der Waals surface area (Å²) in [5, 5.41) is 13.4. The zero-order valence-corrected chi connectivity index (χ0v) is 16.9. The highest BCUT2D eigenvalue weighted by molar-refractivity contribution is 5.98. The minimum Gasteiger partial charge on any atom is -0.497 e. The molecule has 156 valence electrons. The molecule has 2 N–H and O–H groups in total. The van der Waals surface area contributed by atoms with Gasteiger partial charge in [-0.05, 0) is 32.0 Å². The maximum atomic E-state index is 12.9. The predicted octanol–water partition coefficient (Wildman–Crippen LogP) is 2.07. The molecule has 1 amide bonds. The van der Waals surface area contributed by atoms with E-state index in [1.54, 1.807) is 19.2 Å². The van der Waals surface area contributed by atoms with Gasteiger partial charge in [0.05, 0.1) is 32.0 Å². The van der Waals surface area contributed by atoms with Crippen LogP contribution in [-0.2, 0) is 0 Å². The lowest BCUT2D eigenvalue weighted by Crippen LogP contribution is -2.47. The Balaban J connectivity index is 1.62. The molecule has 28 heavy (non-hydrogen) atoms. The summed E-state index contributed by atoms with van der Waals surface area (Å²) in [5.41, 5.74) is 0.408. The van der Waals surface area contributed by atoms with Crippen molar-refractivity contribution in [3.05, 3.63) is 17.7 Å². The second kappa shape index (κ2) is 9.98. The first kappa shape index (κ1) is 20.7. The Morgan fingerprint density at radius 2 is 2.18 bits per heavy atom. The number of methoxy groups -OCH3 is 1. The zero-order chi connectivity index (χ0) is 19.9. The standard InChI is InChI=1S/C21H32N2O5/c1-3-4-7-23-8-6-15(18(24)14-23)13-22-21(25)17-11-16(26-2)12-19-20(17)28-10-5-9-27-19/h11-12,15,18,24H,3-10,13-14H2,1-2H3,(H,22,25)/t15-,18?/m0/s1. The molecule has 3 rings (SSSR count). The lowest BCUT2D eigenvalue weighted by Gasteiger charge is -2.36. The van der Waals surface area contributed by atoms with Crippen molar-refractivity contribution in [3.8, 4) is 17.2 Å². The Morgan fingerprint density at radius 1 is 1.36 bits per heavy atom. The van der Waals surface area contributed by atoms with Crippen molar-refractivity contribution in [2.75, 3.05) is 46.5 Å². The summed E-state index contributed by atoms with van der Waals surface area (Å²) >= 11 is 0. The van der Waals surface area contributed by atoms with Gasteiger partial charge in [-0.2, -0.15) is 0 Å². The first-order valence-corrected chi connectivity index (χ1v) is 10.3. The molecule has 0 spiro atoms. The fourth-order valence-corrected chi connectivity index (χ4v) is 3.72. The second-order valence-corrected chi connectivity index (χ2v) is 7.53. The van der Waals surface area contributed by atoms with Crippen molar-refractivity contribution in [2.24, 2.45) is 5.92 Å². The normalized spacial score (nSPS) is 22.4. The van der Waals surface area contributed by atoms with E-state index in [1.807, 2.05) is 0 Å². The maximum absolute atomic E-state index is 12.9. The Kier molecular flexibility index (Phi) is 7.39. The van der Waals surface area contributed by atoms with Crippen LogP contribution < -0.4 is 19.5 Å². The number of ether oxygens (including phenoxy) is 3. The summed E-state index contributed by atoms with van der Waals surface area (Å²) in [6.07, 6.45) is 3.52. The number of nitrogens with one attached hydrogen (secondary N) is 1. The number of rotatable bonds is 7. The van der Waals surface area contributed by atoms with E-state index in [2.05, 4.69) is 17.1 Å². The van der Waals surface area contributed by atoms with Crippen LogP contribution in [0.2, 0.25) is 0 Å². The quantitative estimate of drug-likeness (QED) is 0.740. The van der Waals surface area contributed by atoms with Crippen molar-refractivity contribution in [2.45, 2.75) is 38.7 Å².